The van der Waals surface area contributed by atoms with Gasteiger partial charge >= 0.3 is 12.1 Å². The summed E-state index contributed by atoms with van der Waals surface area (Å²) in [6.45, 7) is 6.02. The number of alkyl halides is 3. The number of anilines is 1. The number of aliphatic carboxylic acids is 1. The Morgan fingerprint density at radius 3 is 2.51 bits per heavy atom. The number of rotatable bonds is 4. The number of carbonyl (C=O) groups is 1. The lowest BCUT2D eigenvalue weighted by atomic mass is 10.3. The fourth-order valence-corrected chi connectivity index (χ4v) is 3.25. The van der Waals surface area contributed by atoms with Crippen LogP contribution in [0.1, 0.15) is 20.0 Å². The molecule has 188 valence electrons. The zero-order valence-corrected chi connectivity index (χ0v) is 18.2. The average Bonchev–Trinajstić information content (AvgIpc) is 3.20. The summed E-state index contributed by atoms with van der Waals surface area (Å²) >= 11 is 0. The number of fused-ring (bicyclic) bond motifs is 1. The van der Waals surface area contributed by atoms with Crippen LogP contribution < -0.4 is 15.8 Å². The molecule has 0 amide bonds. The molecule has 0 unspecified atom stereocenters. The fraction of sp³-hybridized carbons (Fsp3) is 0.409. The summed E-state index contributed by atoms with van der Waals surface area (Å²) < 4.78 is 35.1. The molecule has 0 atom stereocenters. The Morgan fingerprint density at radius 1 is 1.26 bits per heavy atom. The minimum atomic E-state index is -5.08. The molecule has 0 spiro atoms. The van der Waals surface area contributed by atoms with Crippen molar-refractivity contribution in [3.05, 3.63) is 46.6 Å². The van der Waals surface area contributed by atoms with Gasteiger partial charge in [-0.15, -0.1) is 5.92 Å². The van der Waals surface area contributed by atoms with Crippen molar-refractivity contribution in [2.24, 2.45) is 0 Å². The van der Waals surface area contributed by atoms with Crippen molar-refractivity contribution >= 4 is 23.0 Å². The van der Waals surface area contributed by atoms with E-state index in [1.54, 1.807) is 19.3 Å². The molecule has 1 saturated heterocycles. The van der Waals surface area contributed by atoms with E-state index in [9.17, 15) is 18.0 Å². The predicted molar refractivity (Wildman–Crippen MR) is 124 cm³/mol. The van der Waals surface area contributed by atoms with Gasteiger partial charge in [0.1, 0.15) is 11.0 Å². The third-order valence-electron chi connectivity index (χ3n) is 4.83. The predicted octanol–water partition coefficient (Wildman–Crippen LogP) is 1.74. The maximum absolute atomic E-state index is 13.1. The number of piperazine rings is 1. The van der Waals surface area contributed by atoms with E-state index in [-0.39, 0.29) is 13.0 Å². The summed E-state index contributed by atoms with van der Waals surface area (Å²) in [7, 11) is 0. The van der Waals surface area contributed by atoms with Crippen molar-refractivity contribution in [3.63, 3.8) is 0 Å². The molecule has 3 aromatic rings. The molecule has 0 aromatic carbocycles. The fourth-order valence-electron chi connectivity index (χ4n) is 3.25. The monoisotopic (exact) mass is 493 g/mol. The van der Waals surface area contributed by atoms with Gasteiger partial charge < -0.3 is 15.3 Å². The highest BCUT2D eigenvalue weighted by molar-refractivity contribution is 5.77. The first kappa shape index (κ1) is 27.3. The molecule has 35 heavy (non-hydrogen) atoms. The van der Waals surface area contributed by atoms with Gasteiger partial charge in [-0.25, -0.2) is 14.5 Å². The third kappa shape index (κ3) is 6.80. The number of halogens is 3. The quantitative estimate of drug-likeness (QED) is 0.528. The number of imidazole rings is 1. The number of hydrogen-bond donors (Lipinski definition) is 2. The Hall–Kier alpha value is -3.92. The summed E-state index contributed by atoms with van der Waals surface area (Å²) in [5, 5.41) is 14.8. The molecular formula is C22H26F3N7O3. The normalized spacial score (nSPS) is 13.2. The van der Waals surface area contributed by atoms with Crippen molar-refractivity contribution in [1.29, 1.82) is 0 Å². The van der Waals surface area contributed by atoms with Crippen LogP contribution in [0, 0.1) is 11.8 Å². The van der Waals surface area contributed by atoms with Crippen molar-refractivity contribution < 1.29 is 23.1 Å². The smallest absolute Gasteiger partial charge is 0.475 e. The first-order chi connectivity index (χ1) is 16.2. The molecule has 0 radical (unpaired) electrons. The Bertz CT molecular complexity index is 1250. The van der Waals surface area contributed by atoms with Crippen molar-refractivity contribution in [2.45, 2.75) is 33.6 Å². The number of carboxylic acid groups (broad SMARTS) is 1. The van der Waals surface area contributed by atoms with E-state index in [1.807, 2.05) is 22.8 Å². The van der Waals surface area contributed by atoms with Gasteiger partial charge in [0, 0.05) is 32.4 Å². The molecule has 10 nitrogen and oxygen atoms in total. The summed E-state index contributed by atoms with van der Waals surface area (Å²) in [5.74, 6) is 4.00. The van der Waals surface area contributed by atoms with Crippen LogP contribution in [-0.4, -0.2) is 67.7 Å². The van der Waals surface area contributed by atoms with Crippen molar-refractivity contribution in [1.82, 2.24) is 29.6 Å². The van der Waals surface area contributed by atoms with Crippen LogP contribution in [0.3, 0.4) is 0 Å². The number of nitrogens with zero attached hydrogens (tertiary/aromatic N) is 6. The molecule has 0 bridgehead atoms. The molecular weight excluding hydrogens is 467 g/mol. The van der Waals surface area contributed by atoms with Gasteiger partial charge in [0.15, 0.2) is 0 Å². The second-order valence-corrected chi connectivity index (χ2v) is 7.13. The lowest BCUT2D eigenvalue weighted by Crippen LogP contribution is -2.44. The first-order valence-corrected chi connectivity index (χ1v) is 10.2. The second kappa shape index (κ2) is 12.0. The molecule has 1 aliphatic heterocycles. The summed E-state index contributed by atoms with van der Waals surface area (Å²) in [5.41, 5.74) is 1.75. The van der Waals surface area contributed by atoms with E-state index in [0.29, 0.717) is 24.1 Å². The zero-order chi connectivity index (χ0) is 24.7. The van der Waals surface area contributed by atoms with E-state index < -0.39 is 12.1 Å². The number of hydrogen-bond acceptors (Lipinski definition) is 7. The van der Waals surface area contributed by atoms with Crippen LogP contribution in [0.15, 0.2) is 35.4 Å². The van der Waals surface area contributed by atoms with Gasteiger partial charge in [-0.3, -0.25) is 14.3 Å². The minimum absolute atomic E-state index is 0. The summed E-state index contributed by atoms with van der Waals surface area (Å²) in [6, 6.07) is 5.63. The van der Waals surface area contributed by atoms with Crippen LogP contribution in [0.2, 0.25) is 0 Å². The van der Waals surface area contributed by atoms with Crippen LogP contribution >= 0.6 is 0 Å². The van der Waals surface area contributed by atoms with Crippen LogP contribution in [0.4, 0.5) is 19.1 Å². The Kier molecular flexibility index (Phi) is 9.35. The molecule has 1 aliphatic rings. The molecule has 3 aromatic heterocycles. The van der Waals surface area contributed by atoms with Crippen LogP contribution in [0.25, 0.3) is 11.0 Å². The summed E-state index contributed by atoms with van der Waals surface area (Å²) in [6.07, 6.45) is -1.72. The topological polar surface area (TPSA) is 118 Å². The molecule has 0 aliphatic carbocycles. The molecule has 4 rings (SSSR count). The third-order valence-corrected chi connectivity index (χ3v) is 4.83. The maximum atomic E-state index is 13.1. The Labute approximate surface area is 199 Å². The van der Waals surface area contributed by atoms with Crippen LogP contribution in [0.5, 0.6) is 0 Å². The number of aromatic nitrogens is 5. The Morgan fingerprint density at radius 2 is 1.94 bits per heavy atom. The largest absolute Gasteiger partial charge is 0.490 e. The Balaban J connectivity index is 0.000000476. The van der Waals surface area contributed by atoms with Gasteiger partial charge in [-0.1, -0.05) is 19.4 Å². The SMILES string of the molecule is C.CC#CCn1c(N2CCNCC2)nc2cnn(Cc3ccccn3)c(=O)c21.O=C(O)C(F)(F)F. The van der Waals surface area contributed by atoms with E-state index in [2.05, 4.69) is 32.1 Å². The molecule has 0 saturated carbocycles. The van der Waals surface area contributed by atoms with Gasteiger partial charge in [0.2, 0.25) is 5.95 Å². The van der Waals surface area contributed by atoms with Gasteiger partial charge in [-0.2, -0.15) is 18.3 Å². The van der Waals surface area contributed by atoms with Gasteiger partial charge in [-0.05, 0) is 19.1 Å². The van der Waals surface area contributed by atoms with E-state index in [1.165, 1.54) is 4.68 Å². The van der Waals surface area contributed by atoms with E-state index in [0.717, 1.165) is 37.8 Å². The first-order valence-electron chi connectivity index (χ1n) is 10.2. The second-order valence-electron chi connectivity index (χ2n) is 7.13. The molecule has 4 heterocycles. The zero-order valence-electron chi connectivity index (χ0n) is 18.2. The van der Waals surface area contributed by atoms with Gasteiger partial charge in [0.25, 0.3) is 5.56 Å². The number of carboxylic acids is 1. The van der Waals surface area contributed by atoms with E-state index in [4.69, 9.17) is 14.9 Å². The van der Waals surface area contributed by atoms with Crippen LogP contribution in [-0.2, 0) is 17.9 Å². The molecule has 1 fully saturated rings. The lowest BCUT2D eigenvalue weighted by molar-refractivity contribution is -0.192. The van der Waals surface area contributed by atoms with E-state index >= 15 is 0 Å². The minimum Gasteiger partial charge on any atom is -0.475 e. The highest BCUT2D eigenvalue weighted by Crippen LogP contribution is 2.20. The molecule has 13 heteroatoms. The maximum Gasteiger partial charge on any atom is 0.490 e. The summed E-state index contributed by atoms with van der Waals surface area (Å²) in [4.78, 5) is 33.2. The van der Waals surface area contributed by atoms with Crippen molar-refractivity contribution in [3.8, 4) is 11.8 Å². The lowest BCUT2D eigenvalue weighted by Gasteiger charge is -2.28. The van der Waals surface area contributed by atoms with Crippen molar-refractivity contribution in [2.75, 3.05) is 31.1 Å². The number of pyridine rings is 1. The number of nitrogens with one attached hydrogen (secondary N) is 1. The highest BCUT2D eigenvalue weighted by Gasteiger charge is 2.38. The highest BCUT2D eigenvalue weighted by atomic mass is 19.4. The average molecular weight is 493 g/mol. The standard InChI is InChI=1S/C19H21N7O.C2HF3O2.CH4/c1-2-3-10-25-17-16(23-19(25)24-11-8-20-9-12-24)13-22-26(18(17)27)14-15-6-4-5-7-21-15;3-2(4,5)1(6)7;/h4-7,13,20H,8-12,14H2,1H3;(H,6,7);1H4. The van der Waals surface area contributed by atoms with Gasteiger partial charge in [0.05, 0.1) is 25.0 Å². The molecule has 2 N–H and O–H groups in total.